The molecule has 0 saturated carbocycles. The summed E-state index contributed by atoms with van der Waals surface area (Å²) in [4.78, 5) is 11.6. The number of hydrogen-bond acceptors (Lipinski definition) is 2. The molecule has 0 N–H and O–H groups in total. The average Bonchev–Trinajstić information content (AvgIpc) is 2.38. The van der Waals surface area contributed by atoms with Gasteiger partial charge in [0, 0.05) is 0 Å². The summed E-state index contributed by atoms with van der Waals surface area (Å²) < 4.78 is 5.35. The third-order valence-corrected chi connectivity index (χ3v) is 2.53. The standard InChI is InChI=1S/C10H9ClO2/c1-5-3-4-7(11)10-8(5)9(12)6(2)13-10/h3-4,6H,1-2H3. The van der Waals surface area contributed by atoms with Gasteiger partial charge in [0.2, 0.25) is 5.78 Å². The number of Topliss-reactive ketones (excluding diaryl/α,β-unsaturated/α-hetero) is 1. The largest absolute Gasteiger partial charge is 0.480 e. The van der Waals surface area contributed by atoms with E-state index in [0.717, 1.165) is 5.56 Å². The van der Waals surface area contributed by atoms with E-state index in [-0.39, 0.29) is 5.78 Å². The van der Waals surface area contributed by atoms with Crippen LogP contribution in [-0.4, -0.2) is 11.9 Å². The van der Waals surface area contributed by atoms with Crippen molar-refractivity contribution in [2.24, 2.45) is 0 Å². The van der Waals surface area contributed by atoms with Crippen LogP contribution >= 0.6 is 11.6 Å². The first kappa shape index (κ1) is 8.57. The Labute approximate surface area is 81.5 Å². The molecule has 0 saturated heterocycles. The summed E-state index contributed by atoms with van der Waals surface area (Å²) in [6.45, 7) is 3.62. The first-order valence-corrected chi connectivity index (χ1v) is 4.49. The first-order valence-electron chi connectivity index (χ1n) is 4.11. The lowest BCUT2D eigenvalue weighted by Crippen LogP contribution is -2.15. The maximum Gasteiger partial charge on any atom is 0.207 e. The molecule has 1 heterocycles. The van der Waals surface area contributed by atoms with Gasteiger partial charge in [0.1, 0.15) is 5.75 Å². The van der Waals surface area contributed by atoms with Gasteiger partial charge in [-0.25, -0.2) is 0 Å². The van der Waals surface area contributed by atoms with Crippen molar-refractivity contribution in [3.05, 3.63) is 28.3 Å². The topological polar surface area (TPSA) is 26.3 Å². The monoisotopic (exact) mass is 196 g/mol. The second-order valence-electron chi connectivity index (χ2n) is 3.19. The lowest BCUT2D eigenvalue weighted by Gasteiger charge is -2.03. The molecule has 68 valence electrons. The Hall–Kier alpha value is -1.02. The molecule has 0 aromatic heterocycles. The van der Waals surface area contributed by atoms with E-state index in [1.807, 2.05) is 13.0 Å². The van der Waals surface area contributed by atoms with Crippen molar-refractivity contribution in [1.29, 1.82) is 0 Å². The molecule has 1 unspecified atom stereocenters. The summed E-state index contributed by atoms with van der Waals surface area (Å²) in [5.74, 6) is 0.564. The Morgan fingerprint density at radius 2 is 2.15 bits per heavy atom. The van der Waals surface area contributed by atoms with Crippen LogP contribution in [-0.2, 0) is 0 Å². The third kappa shape index (κ3) is 1.13. The Balaban J connectivity index is 2.68. The van der Waals surface area contributed by atoms with E-state index in [2.05, 4.69) is 0 Å². The summed E-state index contributed by atoms with van der Waals surface area (Å²) in [7, 11) is 0. The molecule has 0 aliphatic carbocycles. The fraction of sp³-hybridized carbons (Fsp3) is 0.300. The SMILES string of the molecule is Cc1ccc(Cl)c2c1C(=O)C(C)O2. The number of ketones is 1. The summed E-state index contributed by atoms with van der Waals surface area (Å²) in [5.41, 5.74) is 1.56. The number of ether oxygens (including phenoxy) is 1. The molecule has 3 heteroatoms. The van der Waals surface area contributed by atoms with Crippen LogP contribution < -0.4 is 4.74 Å². The zero-order valence-corrected chi connectivity index (χ0v) is 8.18. The molecule has 0 spiro atoms. The van der Waals surface area contributed by atoms with Gasteiger partial charge in [0.25, 0.3) is 0 Å². The van der Waals surface area contributed by atoms with Crippen molar-refractivity contribution < 1.29 is 9.53 Å². The molecular formula is C10H9ClO2. The van der Waals surface area contributed by atoms with Gasteiger partial charge in [-0.1, -0.05) is 17.7 Å². The Morgan fingerprint density at radius 3 is 2.77 bits per heavy atom. The van der Waals surface area contributed by atoms with E-state index < -0.39 is 6.10 Å². The summed E-state index contributed by atoms with van der Waals surface area (Å²) in [6, 6.07) is 3.58. The molecule has 2 nitrogen and oxygen atoms in total. The summed E-state index contributed by atoms with van der Waals surface area (Å²) in [6.07, 6.45) is -0.395. The van der Waals surface area contributed by atoms with Crippen LogP contribution in [0.1, 0.15) is 22.8 Å². The summed E-state index contributed by atoms with van der Waals surface area (Å²) in [5, 5.41) is 0.512. The zero-order valence-electron chi connectivity index (χ0n) is 7.43. The Bertz CT molecular complexity index is 385. The number of aryl methyl sites for hydroxylation is 1. The molecule has 1 aromatic carbocycles. The van der Waals surface area contributed by atoms with Crippen molar-refractivity contribution in [2.45, 2.75) is 20.0 Å². The number of halogens is 1. The van der Waals surface area contributed by atoms with Crippen LogP contribution in [0.25, 0.3) is 0 Å². The highest BCUT2D eigenvalue weighted by Crippen LogP contribution is 2.37. The zero-order chi connectivity index (χ0) is 9.59. The minimum absolute atomic E-state index is 0.0231. The van der Waals surface area contributed by atoms with Gasteiger partial charge in [-0.15, -0.1) is 0 Å². The number of benzene rings is 1. The number of rotatable bonds is 0. The fourth-order valence-electron chi connectivity index (χ4n) is 1.51. The number of fused-ring (bicyclic) bond motifs is 1. The summed E-state index contributed by atoms with van der Waals surface area (Å²) >= 11 is 5.90. The van der Waals surface area contributed by atoms with E-state index in [1.54, 1.807) is 13.0 Å². The van der Waals surface area contributed by atoms with Crippen molar-refractivity contribution in [1.82, 2.24) is 0 Å². The second-order valence-corrected chi connectivity index (χ2v) is 3.60. The quantitative estimate of drug-likeness (QED) is 0.638. The molecule has 1 atom stereocenters. The lowest BCUT2D eigenvalue weighted by molar-refractivity contribution is 0.0878. The van der Waals surface area contributed by atoms with Crippen LogP contribution in [0, 0.1) is 6.92 Å². The normalized spacial score (nSPS) is 19.9. The Kier molecular flexibility index (Phi) is 1.81. The van der Waals surface area contributed by atoms with Crippen LogP contribution in [0.15, 0.2) is 12.1 Å². The van der Waals surface area contributed by atoms with Gasteiger partial charge in [-0.05, 0) is 25.5 Å². The van der Waals surface area contributed by atoms with Crippen molar-refractivity contribution in [3.63, 3.8) is 0 Å². The third-order valence-electron chi connectivity index (χ3n) is 2.23. The number of carbonyl (C=O) groups excluding carboxylic acids is 1. The second kappa shape index (κ2) is 2.74. The molecule has 0 radical (unpaired) electrons. The number of carbonyl (C=O) groups is 1. The van der Waals surface area contributed by atoms with Crippen LogP contribution in [0.5, 0.6) is 5.75 Å². The van der Waals surface area contributed by atoms with Gasteiger partial charge >= 0.3 is 0 Å². The van der Waals surface area contributed by atoms with E-state index in [0.29, 0.717) is 16.3 Å². The maximum absolute atomic E-state index is 11.6. The molecule has 1 aromatic rings. The van der Waals surface area contributed by atoms with Gasteiger partial charge in [-0.3, -0.25) is 4.79 Å². The van der Waals surface area contributed by atoms with Crippen LogP contribution in [0.4, 0.5) is 0 Å². The molecule has 0 fully saturated rings. The van der Waals surface area contributed by atoms with Gasteiger partial charge in [-0.2, -0.15) is 0 Å². The number of hydrogen-bond donors (Lipinski definition) is 0. The first-order chi connectivity index (χ1) is 6.11. The highest BCUT2D eigenvalue weighted by Gasteiger charge is 2.31. The highest BCUT2D eigenvalue weighted by atomic mass is 35.5. The van der Waals surface area contributed by atoms with Crippen molar-refractivity contribution in [2.75, 3.05) is 0 Å². The van der Waals surface area contributed by atoms with E-state index in [1.165, 1.54) is 0 Å². The molecule has 0 amide bonds. The lowest BCUT2D eigenvalue weighted by atomic mass is 10.0. The molecule has 2 rings (SSSR count). The molecule has 0 bridgehead atoms. The highest BCUT2D eigenvalue weighted by molar-refractivity contribution is 6.33. The molecule has 13 heavy (non-hydrogen) atoms. The Morgan fingerprint density at radius 1 is 1.46 bits per heavy atom. The maximum atomic E-state index is 11.6. The predicted molar refractivity (Wildman–Crippen MR) is 50.6 cm³/mol. The molecule has 1 aliphatic rings. The van der Waals surface area contributed by atoms with Crippen molar-refractivity contribution in [3.8, 4) is 5.75 Å². The van der Waals surface area contributed by atoms with Gasteiger partial charge < -0.3 is 4.74 Å². The van der Waals surface area contributed by atoms with E-state index in [4.69, 9.17) is 16.3 Å². The van der Waals surface area contributed by atoms with Gasteiger partial charge in [0.15, 0.2) is 6.10 Å². The fourth-order valence-corrected chi connectivity index (χ4v) is 1.71. The van der Waals surface area contributed by atoms with E-state index in [9.17, 15) is 4.79 Å². The van der Waals surface area contributed by atoms with Crippen LogP contribution in [0.2, 0.25) is 5.02 Å². The smallest absolute Gasteiger partial charge is 0.207 e. The average molecular weight is 197 g/mol. The predicted octanol–water partition coefficient (Wildman–Crippen LogP) is 2.61. The minimum Gasteiger partial charge on any atom is -0.480 e. The van der Waals surface area contributed by atoms with Gasteiger partial charge in [0.05, 0.1) is 10.6 Å². The van der Waals surface area contributed by atoms with Crippen LogP contribution in [0.3, 0.4) is 0 Å². The molecular weight excluding hydrogens is 188 g/mol. The van der Waals surface area contributed by atoms with E-state index >= 15 is 0 Å². The minimum atomic E-state index is -0.395. The molecule has 1 aliphatic heterocycles. The van der Waals surface area contributed by atoms with Crippen molar-refractivity contribution >= 4 is 17.4 Å².